The van der Waals surface area contributed by atoms with Crippen LogP contribution in [0.2, 0.25) is 0 Å². The van der Waals surface area contributed by atoms with E-state index >= 15 is 0 Å². The lowest BCUT2D eigenvalue weighted by Crippen LogP contribution is -2.55. The second kappa shape index (κ2) is 10.1. The molecule has 2 atom stereocenters. The van der Waals surface area contributed by atoms with E-state index in [4.69, 9.17) is 18.6 Å². The third kappa shape index (κ3) is 5.29. The molecule has 9 heteroatoms. The highest BCUT2D eigenvalue weighted by Crippen LogP contribution is 2.24. The molecule has 2 heterocycles. The van der Waals surface area contributed by atoms with Crippen molar-refractivity contribution in [1.82, 2.24) is 10.3 Å². The van der Waals surface area contributed by atoms with Crippen LogP contribution in [0.1, 0.15) is 35.2 Å². The highest BCUT2D eigenvalue weighted by atomic mass is 16.5. The van der Waals surface area contributed by atoms with Crippen molar-refractivity contribution in [2.45, 2.75) is 39.0 Å². The maximum absolute atomic E-state index is 12.2. The molecule has 1 N–H and O–H groups in total. The molecule has 0 unspecified atom stereocenters. The van der Waals surface area contributed by atoms with Gasteiger partial charge in [-0.25, -0.2) is 9.59 Å². The predicted molar refractivity (Wildman–Crippen MR) is 108 cm³/mol. The standard InChI is InChI=1S/C21H27N3O6/c1-4-28-19(25)18-14(2)30-20(23-18)24-11-10-16(17(12-24)27-3)22-21(26)29-13-15-8-6-5-7-9-15/h5-9,16-17H,4,10-13H2,1-3H3,(H,22,26)/t16-,17+/m1/s1. The van der Waals surface area contributed by atoms with Crippen LogP contribution in [0.3, 0.4) is 0 Å². The molecule has 0 radical (unpaired) electrons. The van der Waals surface area contributed by atoms with Gasteiger partial charge >= 0.3 is 12.1 Å². The SMILES string of the molecule is CCOC(=O)c1nc(N2CC[C@@H](NC(=O)OCc3ccccc3)[C@@H](OC)C2)oc1C. The first-order chi connectivity index (χ1) is 14.5. The van der Waals surface area contributed by atoms with Crippen molar-refractivity contribution in [1.29, 1.82) is 0 Å². The van der Waals surface area contributed by atoms with Gasteiger partial charge in [0.2, 0.25) is 0 Å². The second-order valence-electron chi connectivity index (χ2n) is 6.94. The monoisotopic (exact) mass is 417 g/mol. The number of nitrogens with zero attached hydrogens (tertiary/aromatic N) is 2. The van der Waals surface area contributed by atoms with E-state index < -0.39 is 12.1 Å². The lowest BCUT2D eigenvalue weighted by Gasteiger charge is -2.37. The van der Waals surface area contributed by atoms with Crippen molar-refractivity contribution < 1.29 is 28.2 Å². The Balaban J connectivity index is 1.56. The van der Waals surface area contributed by atoms with Gasteiger partial charge in [0.15, 0.2) is 5.69 Å². The van der Waals surface area contributed by atoms with Gasteiger partial charge < -0.3 is 28.8 Å². The van der Waals surface area contributed by atoms with Crippen LogP contribution in [-0.2, 0) is 20.8 Å². The van der Waals surface area contributed by atoms with Crippen LogP contribution in [0.5, 0.6) is 0 Å². The summed E-state index contributed by atoms with van der Waals surface area (Å²) in [5.74, 6) is -0.104. The van der Waals surface area contributed by atoms with Gasteiger partial charge in [0.1, 0.15) is 12.4 Å². The summed E-state index contributed by atoms with van der Waals surface area (Å²) < 4.78 is 21.5. The van der Waals surface area contributed by atoms with E-state index in [0.29, 0.717) is 31.3 Å². The number of ether oxygens (including phenoxy) is 3. The number of amides is 1. The Morgan fingerprint density at radius 1 is 1.27 bits per heavy atom. The minimum Gasteiger partial charge on any atom is -0.461 e. The number of alkyl carbamates (subject to hydrolysis) is 1. The van der Waals surface area contributed by atoms with Crippen LogP contribution >= 0.6 is 0 Å². The number of benzene rings is 1. The topological polar surface area (TPSA) is 103 Å². The summed E-state index contributed by atoms with van der Waals surface area (Å²) in [5, 5.41) is 2.88. The number of hydrogen-bond acceptors (Lipinski definition) is 8. The van der Waals surface area contributed by atoms with E-state index in [1.54, 1.807) is 21.0 Å². The lowest BCUT2D eigenvalue weighted by atomic mass is 10.0. The number of carbonyl (C=O) groups is 2. The van der Waals surface area contributed by atoms with E-state index in [-0.39, 0.29) is 31.1 Å². The number of aryl methyl sites for hydroxylation is 1. The number of oxazole rings is 1. The summed E-state index contributed by atoms with van der Waals surface area (Å²) in [6, 6.07) is 9.61. The van der Waals surface area contributed by atoms with Crippen LogP contribution in [-0.4, -0.2) is 56.0 Å². The Morgan fingerprint density at radius 3 is 2.73 bits per heavy atom. The van der Waals surface area contributed by atoms with Crippen molar-refractivity contribution in [2.24, 2.45) is 0 Å². The smallest absolute Gasteiger partial charge is 0.407 e. The Bertz CT molecular complexity index is 854. The average Bonchev–Trinajstić information content (AvgIpc) is 3.15. The molecule has 0 spiro atoms. The van der Waals surface area contributed by atoms with Crippen molar-refractivity contribution in [3.05, 3.63) is 47.3 Å². The summed E-state index contributed by atoms with van der Waals surface area (Å²) in [6.45, 7) is 4.90. The largest absolute Gasteiger partial charge is 0.461 e. The van der Waals surface area contributed by atoms with E-state index in [0.717, 1.165) is 5.56 Å². The van der Waals surface area contributed by atoms with Crippen LogP contribution in [0.15, 0.2) is 34.7 Å². The molecule has 3 rings (SSSR count). The van der Waals surface area contributed by atoms with Crippen LogP contribution < -0.4 is 10.2 Å². The number of piperidine rings is 1. The summed E-state index contributed by atoms with van der Waals surface area (Å²) in [4.78, 5) is 30.3. The highest BCUT2D eigenvalue weighted by molar-refractivity contribution is 5.88. The molecule has 1 aliphatic heterocycles. The first kappa shape index (κ1) is 21.6. The molecule has 1 aromatic heterocycles. The molecular weight excluding hydrogens is 390 g/mol. The van der Waals surface area contributed by atoms with Gasteiger partial charge in [-0.05, 0) is 25.8 Å². The zero-order valence-electron chi connectivity index (χ0n) is 17.4. The van der Waals surface area contributed by atoms with Crippen LogP contribution in [0.4, 0.5) is 10.8 Å². The van der Waals surface area contributed by atoms with Gasteiger partial charge in [0, 0.05) is 13.7 Å². The molecule has 0 saturated carbocycles. The number of nitrogens with one attached hydrogen (secondary N) is 1. The number of rotatable bonds is 7. The average molecular weight is 417 g/mol. The minimum absolute atomic E-state index is 0.172. The second-order valence-corrected chi connectivity index (χ2v) is 6.94. The van der Waals surface area contributed by atoms with E-state index in [1.807, 2.05) is 35.2 Å². The van der Waals surface area contributed by atoms with Gasteiger partial charge in [-0.2, -0.15) is 4.98 Å². The van der Waals surface area contributed by atoms with Gasteiger partial charge in [0.25, 0.3) is 6.01 Å². The van der Waals surface area contributed by atoms with Crippen molar-refractivity contribution in [3.8, 4) is 0 Å². The van der Waals surface area contributed by atoms with Crippen LogP contribution in [0.25, 0.3) is 0 Å². The van der Waals surface area contributed by atoms with Gasteiger partial charge in [0.05, 0.1) is 25.3 Å². The van der Waals surface area contributed by atoms with Crippen LogP contribution in [0, 0.1) is 6.92 Å². The number of aromatic nitrogens is 1. The molecule has 1 fully saturated rings. The molecule has 162 valence electrons. The van der Waals surface area contributed by atoms with E-state index in [9.17, 15) is 9.59 Å². The third-order valence-electron chi connectivity index (χ3n) is 4.90. The summed E-state index contributed by atoms with van der Waals surface area (Å²) in [6.07, 6.45) is -0.174. The van der Waals surface area contributed by atoms with E-state index in [2.05, 4.69) is 10.3 Å². The number of carbonyl (C=O) groups excluding carboxylic acids is 2. The van der Waals surface area contributed by atoms with Crippen molar-refractivity contribution in [2.75, 3.05) is 31.7 Å². The Morgan fingerprint density at radius 2 is 2.03 bits per heavy atom. The van der Waals surface area contributed by atoms with Crippen molar-refractivity contribution in [3.63, 3.8) is 0 Å². The zero-order chi connectivity index (χ0) is 21.5. The number of hydrogen-bond donors (Lipinski definition) is 1. The number of methoxy groups -OCH3 is 1. The quantitative estimate of drug-likeness (QED) is 0.686. The van der Waals surface area contributed by atoms with Gasteiger partial charge in [-0.15, -0.1) is 0 Å². The van der Waals surface area contributed by atoms with E-state index in [1.165, 1.54) is 0 Å². The summed E-state index contributed by atoms with van der Waals surface area (Å²) >= 11 is 0. The highest BCUT2D eigenvalue weighted by Gasteiger charge is 2.33. The maximum Gasteiger partial charge on any atom is 0.407 e. The summed E-state index contributed by atoms with van der Waals surface area (Å²) in [5.41, 5.74) is 1.09. The summed E-state index contributed by atoms with van der Waals surface area (Å²) in [7, 11) is 1.59. The molecule has 1 amide bonds. The zero-order valence-corrected chi connectivity index (χ0v) is 17.4. The third-order valence-corrected chi connectivity index (χ3v) is 4.90. The lowest BCUT2D eigenvalue weighted by molar-refractivity contribution is 0.0517. The number of esters is 1. The Hall–Kier alpha value is -3.07. The first-order valence-corrected chi connectivity index (χ1v) is 9.91. The molecule has 1 saturated heterocycles. The molecule has 30 heavy (non-hydrogen) atoms. The normalized spacial score (nSPS) is 18.7. The van der Waals surface area contributed by atoms with Crippen molar-refractivity contribution >= 4 is 18.1 Å². The minimum atomic E-state index is -0.508. The molecule has 0 bridgehead atoms. The first-order valence-electron chi connectivity index (χ1n) is 9.91. The fourth-order valence-electron chi connectivity index (χ4n) is 3.32. The molecule has 0 aliphatic carbocycles. The fourth-order valence-corrected chi connectivity index (χ4v) is 3.32. The van der Waals surface area contributed by atoms with Gasteiger partial charge in [-0.3, -0.25) is 0 Å². The number of anilines is 1. The molecule has 2 aromatic rings. The predicted octanol–water partition coefficient (Wildman–Crippen LogP) is 2.68. The molecular formula is C21H27N3O6. The Labute approximate surface area is 175 Å². The maximum atomic E-state index is 12.2. The fraction of sp³-hybridized carbons (Fsp3) is 0.476. The molecule has 1 aromatic carbocycles. The molecule has 9 nitrogen and oxygen atoms in total. The Kier molecular flexibility index (Phi) is 7.29. The van der Waals surface area contributed by atoms with Gasteiger partial charge in [-0.1, -0.05) is 30.3 Å². The molecule has 1 aliphatic rings.